The molecule has 0 aliphatic heterocycles. The molecule has 66 valence electrons. The third-order valence-corrected chi connectivity index (χ3v) is 1.29. The summed E-state index contributed by atoms with van der Waals surface area (Å²) in [5.74, 6) is 2.16. The molecule has 0 bridgehead atoms. The van der Waals surface area contributed by atoms with Gasteiger partial charge >= 0.3 is 5.97 Å². The van der Waals surface area contributed by atoms with E-state index in [0.29, 0.717) is 6.42 Å². The van der Waals surface area contributed by atoms with Gasteiger partial charge in [-0.25, -0.2) is 0 Å². The second-order valence-electron chi connectivity index (χ2n) is 2.36. The van der Waals surface area contributed by atoms with E-state index in [1.54, 1.807) is 6.08 Å². The Bertz CT molecular complexity index is 187. The van der Waals surface area contributed by atoms with E-state index < -0.39 is 0 Å². The van der Waals surface area contributed by atoms with E-state index in [0.717, 1.165) is 12.8 Å². The molecule has 0 aromatic heterocycles. The smallest absolute Gasteiger partial charge is 0.306 e. The van der Waals surface area contributed by atoms with E-state index in [4.69, 9.17) is 11.2 Å². The summed E-state index contributed by atoms with van der Waals surface area (Å²) in [6.45, 7) is 2.32. The minimum Gasteiger partial charge on any atom is -0.461 e. The normalized spacial score (nSPS) is 9.67. The van der Waals surface area contributed by atoms with E-state index in [9.17, 15) is 4.79 Å². The molecule has 0 spiro atoms. The number of ether oxygens (including phenoxy) is 1. The molecule has 0 atom stereocenters. The molecule has 12 heavy (non-hydrogen) atoms. The molecule has 2 nitrogen and oxygen atoms in total. The van der Waals surface area contributed by atoms with Crippen LogP contribution >= 0.6 is 0 Å². The highest BCUT2D eigenvalue weighted by molar-refractivity contribution is 5.69. The van der Waals surface area contributed by atoms with Crippen molar-refractivity contribution in [3.63, 3.8) is 0 Å². The van der Waals surface area contributed by atoms with Gasteiger partial charge in [-0.05, 0) is 18.6 Å². The van der Waals surface area contributed by atoms with Crippen LogP contribution in [-0.2, 0) is 9.53 Å². The van der Waals surface area contributed by atoms with E-state index >= 15 is 0 Å². The molecule has 2 heteroatoms. The molecule has 0 aromatic rings. The number of terminal acetylenes is 1. The fraction of sp³-hybridized carbons (Fsp3) is 0.500. The van der Waals surface area contributed by atoms with Gasteiger partial charge < -0.3 is 4.74 Å². The van der Waals surface area contributed by atoms with Crippen molar-refractivity contribution in [1.29, 1.82) is 0 Å². The summed E-state index contributed by atoms with van der Waals surface area (Å²) in [6, 6.07) is 0. The van der Waals surface area contributed by atoms with Crippen LogP contribution in [0.4, 0.5) is 0 Å². The zero-order valence-corrected chi connectivity index (χ0v) is 7.38. The summed E-state index contributed by atoms with van der Waals surface area (Å²) in [7, 11) is 0. The number of rotatable bonds is 5. The number of esters is 1. The minimum atomic E-state index is -0.154. The highest BCUT2D eigenvalue weighted by Crippen LogP contribution is 1.95. The first kappa shape index (κ1) is 10.8. The van der Waals surface area contributed by atoms with Gasteiger partial charge in [-0.2, -0.15) is 0 Å². The van der Waals surface area contributed by atoms with Crippen LogP contribution in [0, 0.1) is 12.3 Å². The van der Waals surface area contributed by atoms with Gasteiger partial charge in [0.15, 0.2) is 0 Å². The van der Waals surface area contributed by atoms with E-state index in [2.05, 4.69) is 5.92 Å². The zero-order valence-electron chi connectivity index (χ0n) is 7.38. The molecule has 0 N–H and O–H groups in total. The lowest BCUT2D eigenvalue weighted by molar-refractivity contribution is -0.142. The molecule has 0 heterocycles. The third kappa shape index (κ3) is 6.88. The Morgan fingerprint density at radius 2 is 2.42 bits per heavy atom. The lowest BCUT2D eigenvalue weighted by Gasteiger charge is -1.99. The summed E-state index contributed by atoms with van der Waals surface area (Å²) in [4.78, 5) is 10.9. The second-order valence-corrected chi connectivity index (χ2v) is 2.36. The van der Waals surface area contributed by atoms with Crippen LogP contribution in [0.5, 0.6) is 0 Å². The highest BCUT2D eigenvalue weighted by atomic mass is 16.5. The summed E-state index contributed by atoms with van der Waals surface area (Å²) in [5.41, 5.74) is 0. The van der Waals surface area contributed by atoms with Gasteiger partial charge in [0.1, 0.15) is 6.61 Å². The number of hydrogen-bond donors (Lipinski definition) is 0. The largest absolute Gasteiger partial charge is 0.461 e. The van der Waals surface area contributed by atoms with Crippen molar-refractivity contribution < 1.29 is 9.53 Å². The van der Waals surface area contributed by atoms with Gasteiger partial charge in [0.25, 0.3) is 0 Å². The molecule has 0 saturated heterocycles. The fourth-order valence-electron chi connectivity index (χ4n) is 0.650. The maximum absolute atomic E-state index is 10.9. The molecule has 0 amide bonds. The molecular formula is C10H14O2. The van der Waals surface area contributed by atoms with Gasteiger partial charge in [0, 0.05) is 6.42 Å². The van der Waals surface area contributed by atoms with Crippen LogP contribution in [0.2, 0.25) is 0 Å². The van der Waals surface area contributed by atoms with E-state index in [1.807, 2.05) is 6.92 Å². The van der Waals surface area contributed by atoms with Crippen LogP contribution < -0.4 is 0 Å². The van der Waals surface area contributed by atoms with Gasteiger partial charge in [0.2, 0.25) is 0 Å². The minimum absolute atomic E-state index is 0.154. The molecule has 0 unspecified atom stereocenters. The van der Waals surface area contributed by atoms with E-state index in [-0.39, 0.29) is 12.6 Å². The molecule has 0 rings (SSSR count). The van der Waals surface area contributed by atoms with Gasteiger partial charge in [0.05, 0.1) is 0 Å². The third-order valence-electron chi connectivity index (χ3n) is 1.29. The summed E-state index contributed by atoms with van der Waals surface area (Å²) in [6.07, 6.45) is 10.5. The zero-order chi connectivity index (χ0) is 9.23. The molecule has 0 fully saturated rings. The first-order chi connectivity index (χ1) is 5.81. The van der Waals surface area contributed by atoms with Crippen LogP contribution in [0.1, 0.15) is 26.2 Å². The molecular weight excluding hydrogens is 152 g/mol. The lowest BCUT2D eigenvalue weighted by Crippen LogP contribution is -2.03. The standard InChI is InChI=1S/C10H14O2/c1-3-5-7-9-12-10(11)8-6-4-2/h1,5,7H,4,6,8-9H2,2H3/b7-5+. The van der Waals surface area contributed by atoms with Crippen LogP contribution in [0.15, 0.2) is 12.2 Å². The molecule has 0 radical (unpaired) electrons. The number of hydrogen-bond acceptors (Lipinski definition) is 2. The van der Waals surface area contributed by atoms with Crippen molar-refractivity contribution in [3.05, 3.63) is 12.2 Å². The maximum atomic E-state index is 10.9. The maximum Gasteiger partial charge on any atom is 0.306 e. The second kappa shape index (κ2) is 7.87. The van der Waals surface area contributed by atoms with Gasteiger partial charge in [-0.15, -0.1) is 6.42 Å². The number of unbranched alkanes of at least 4 members (excludes halogenated alkanes) is 1. The van der Waals surface area contributed by atoms with Crippen molar-refractivity contribution in [1.82, 2.24) is 0 Å². The first-order valence-corrected chi connectivity index (χ1v) is 4.08. The predicted molar refractivity (Wildman–Crippen MR) is 48.5 cm³/mol. The summed E-state index contributed by atoms with van der Waals surface area (Å²) in [5, 5.41) is 0. The monoisotopic (exact) mass is 166 g/mol. The Morgan fingerprint density at radius 3 is 3.00 bits per heavy atom. The van der Waals surface area contributed by atoms with Crippen molar-refractivity contribution in [2.75, 3.05) is 6.61 Å². The summed E-state index contributed by atoms with van der Waals surface area (Å²) >= 11 is 0. The van der Waals surface area contributed by atoms with Crippen LogP contribution in [-0.4, -0.2) is 12.6 Å². The quantitative estimate of drug-likeness (QED) is 0.460. The SMILES string of the molecule is C#C/C=C/COC(=O)CCCC. The lowest BCUT2D eigenvalue weighted by atomic mass is 10.2. The topological polar surface area (TPSA) is 26.3 Å². The predicted octanol–water partition coefficient (Wildman–Crippen LogP) is 1.91. The Hall–Kier alpha value is -1.23. The van der Waals surface area contributed by atoms with Crippen molar-refractivity contribution in [2.45, 2.75) is 26.2 Å². The van der Waals surface area contributed by atoms with E-state index in [1.165, 1.54) is 6.08 Å². The Labute approximate surface area is 73.6 Å². The van der Waals surface area contributed by atoms with Crippen LogP contribution in [0.25, 0.3) is 0 Å². The highest BCUT2D eigenvalue weighted by Gasteiger charge is 1.98. The number of allylic oxidation sites excluding steroid dienone is 1. The van der Waals surface area contributed by atoms with Gasteiger partial charge in [-0.3, -0.25) is 4.79 Å². The fourth-order valence-corrected chi connectivity index (χ4v) is 0.650. The number of carbonyl (C=O) groups excluding carboxylic acids is 1. The summed E-state index contributed by atoms with van der Waals surface area (Å²) < 4.78 is 4.82. The average molecular weight is 166 g/mol. The molecule has 0 aliphatic carbocycles. The Balaban J connectivity index is 3.33. The molecule has 0 saturated carbocycles. The Kier molecular flexibility index (Phi) is 7.07. The molecule has 0 aromatic carbocycles. The number of carbonyl (C=O) groups is 1. The average Bonchev–Trinajstić information content (AvgIpc) is 2.09. The van der Waals surface area contributed by atoms with Crippen LogP contribution in [0.3, 0.4) is 0 Å². The van der Waals surface area contributed by atoms with Crippen molar-refractivity contribution >= 4 is 5.97 Å². The van der Waals surface area contributed by atoms with Crippen molar-refractivity contribution in [2.24, 2.45) is 0 Å². The van der Waals surface area contributed by atoms with Gasteiger partial charge in [-0.1, -0.05) is 19.3 Å². The van der Waals surface area contributed by atoms with Crippen molar-refractivity contribution in [3.8, 4) is 12.3 Å². The molecule has 0 aliphatic rings. The Morgan fingerprint density at radius 1 is 1.67 bits per heavy atom. The first-order valence-electron chi connectivity index (χ1n) is 4.08.